The Kier molecular flexibility index (Phi) is 4.59. The summed E-state index contributed by atoms with van der Waals surface area (Å²) < 4.78 is 18.1. The number of nitrogens with zero attached hydrogens (tertiary/aromatic N) is 3. The van der Waals surface area contributed by atoms with Crippen LogP contribution in [-0.2, 0) is 17.8 Å². The summed E-state index contributed by atoms with van der Waals surface area (Å²) in [5.74, 6) is 1.64. The molecular weight excluding hydrogens is 382 g/mol. The second-order valence-corrected chi connectivity index (χ2v) is 7.38. The highest BCUT2D eigenvalue weighted by atomic mass is 16.5. The molecule has 0 bridgehead atoms. The quantitative estimate of drug-likeness (QED) is 0.500. The molecule has 1 aliphatic carbocycles. The van der Waals surface area contributed by atoms with Crippen molar-refractivity contribution in [3.8, 4) is 16.9 Å². The van der Waals surface area contributed by atoms with Crippen LogP contribution in [0.4, 0.5) is 0 Å². The normalized spacial score (nSPS) is 16.1. The Morgan fingerprint density at radius 1 is 1.17 bits per heavy atom. The first-order valence-electron chi connectivity index (χ1n) is 9.79. The van der Waals surface area contributed by atoms with E-state index in [-0.39, 0.29) is 11.7 Å². The first-order valence-corrected chi connectivity index (χ1v) is 9.79. The van der Waals surface area contributed by atoms with Gasteiger partial charge in [0.15, 0.2) is 11.4 Å². The highest BCUT2D eigenvalue weighted by Gasteiger charge is 2.31. The molecule has 1 atom stereocenters. The minimum Gasteiger partial charge on any atom is -0.497 e. The lowest BCUT2D eigenvalue weighted by Crippen LogP contribution is -2.22. The van der Waals surface area contributed by atoms with Gasteiger partial charge in [-0.25, -0.2) is 9.50 Å². The largest absolute Gasteiger partial charge is 0.497 e. The van der Waals surface area contributed by atoms with E-state index in [9.17, 15) is 4.79 Å². The number of carbonyl (C=O) groups excluding carboxylic acids is 1. The molecule has 0 N–H and O–H groups in total. The number of ether oxygens (including phenoxy) is 2. The van der Waals surface area contributed by atoms with E-state index in [0.29, 0.717) is 30.7 Å². The number of Topliss-reactive ketones (excluding diaryl/α,β-unsaturated/α-hetero) is 1. The zero-order chi connectivity index (χ0) is 20.7. The van der Waals surface area contributed by atoms with Gasteiger partial charge < -0.3 is 13.9 Å². The third-order valence-electron chi connectivity index (χ3n) is 5.59. The van der Waals surface area contributed by atoms with Crippen molar-refractivity contribution in [1.82, 2.24) is 14.6 Å². The van der Waals surface area contributed by atoms with E-state index in [1.165, 1.54) is 0 Å². The Morgan fingerprint density at radius 2 is 2.00 bits per heavy atom. The maximum Gasteiger partial charge on any atom is 0.167 e. The number of ketones is 1. The van der Waals surface area contributed by atoms with Gasteiger partial charge >= 0.3 is 0 Å². The number of aromatic nitrogens is 3. The SMILES string of the molecule is COCc1nn2c3c(cnc2c1-c1ccc(OC)cc1)C(=O)C[C@H](c1ccco1)C3. The third-order valence-corrected chi connectivity index (χ3v) is 5.59. The lowest BCUT2D eigenvalue weighted by atomic mass is 9.85. The molecule has 4 aromatic rings. The molecule has 7 heteroatoms. The van der Waals surface area contributed by atoms with Crippen molar-refractivity contribution < 1.29 is 18.7 Å². The fourth-order valence-corrected chi connectivity index (χ4v) is 4.16. The number of benzene rings is 1. The van der Waals surface area contributed by atoms with Crippen LogP contribution in [0.25, 0.3) is 16.8 Å². The summed E-state index contributed by atoms with van der Waals surface area (Å²) in [6, 6.07) is 11.5. The molecule has 0 saturated heterocycles. The third kappa shape index (κ3) is 2.98. The van der Waals surface area contributed by atoms with Gasteiger partial charge in [-0.2, -0.15) is 5.10 Å². The van der Waals surface area contributed by atoms with Crippen molar-refractivity contribution in [2.75, 3.05) is 14.2 Å². The molecule has 3 heterocycles. The zero-order valence-corrected chi connectivity index (χ0v) is 16.8. The van der Waals surface area contributed by atoms with Crippen molar-refractivity contribution >= 4 is 11.4 Å². The van der Waals surface area contributed by atoms with Crippen LogP contribution in [0, 0.1) is 0 Å². The molecule has 3 aromatic heterocycles. The summed E-state index contributed by atoms with van der Waals surface area (Å²) in [6.45, 7) is 0.342. The van der Waals surface area contributed by atoms with Crippen molar-refractivity contribution in [3.63, 3.8) is 0 Å². The fraction of sp³-hybridized carbons (Fsp3) is 0.261. The highest BCUT2D eigenvalue weighted by molar-refractivity contribution is 5.99. The number of rotatable bonds is 5. The van der Waals surface area contributed by atoms with Gasteiger partial charge in [0.25, 0.3) is 0 Å². The number of hydrogen-bond donors (Lipinski definition) is 0. The maximum absolute atomic E-state index is 12.8. The number of carbonyl (C=O) groups is 1. The minimum absolute atomic E-state index is 0.00916. The lowest BCUT2D eigenvalue weighted by Gasteiger charge is -2.22. The van der Waals surface area contributed by atoms with Gasteiger partial charge in [-0.3, -0.25) is 4.79 Å². The van der Waals surface area contributed by atoms with Gasteiger partial charge in [-0.1, -0.05) is 12.1 Å². The molecule has 0 spiro atoms. The molecule has 0 fully saturated rings. The molecule has 5 rings (SSSR count). The fourth-order valence-electron chi connectivity index (χ4n) is 4.16. The molecule has 0 saturated carbocycles. The molecule has 0 aliphatic heterocycles. The standard InChI is InChI=1S/C23H21N3O4/c1-28-13-18-22(14-5-7-16(29-2)8-6-14)23-24-12-17-19(26(23)25-18)10-15(11-20(17)27)21-4-3-9-30-21/h3-9,12,15H,10-11,13H2,1-2H3/t15-/m1/s1. The van der Waals surface area contributed by atoms with Crippen LogP contribution >= 0.6 is 0 Å². The predicted molar refractivity (Wildman–Crippen MR) is 110 cm³/mol. The first kappa shape index (κ1) is 18.6. The molecule has 0 amide bonds. The average molecular weight is 403 g/mol. The van der Waals surface area contributed by atoms with Crippen molar-refractivity contribution in [3.05, 3.63) is 71.6 Å². The number of fused-ring (bicyclic) bond motifs is 3. The summed E-state index contributed by atoms with van der Waals surface area (Å²) in [6.07, 6.45) is 4.38. The summed E-state index contributed by atoms with van der Waals surface area (Å²) in [4.78, 5) is 17.5. The van der Waals surface area contributed by atoms with Crippen LogP contribution in [0.3, 0.4) is 0 Å². The maximum atomic E-state index is 12.8. The van der Waals surface area contributed by atoms with Crippen LogP contribution in [0.1, 0.15) is 39.8 Å². The summed E-state index contributed by atoms with van der Waals surface area (Å²) in [5.41, 5.74) is 4.83. The van der Waals surface area contributed by atoms with E-state index in [4.69, 9.17) is 19.0 Å². The summed E-state index contributed by atoms with van der Waals surface area (Å²) in [5, 5.41) is 4.80. The van der Waals surface area contributed by atoms with E-state index in [1.807, 2.05) is 36.4 Å². The average Bonchev–Trinajstić information content (AvgIpc) is 3.42. The van der Waals surface area contributed by atoms with E-state index in [2.05, 4.69) is 4.98 Å². The van der Waals surface area contributed by atoms with E-state index >= 15 is 0 Å². The smallest absolute Gasteiger partial charge is 0.167 e. The molecule has 30 heavy (non-hydrogen) atoms. The Labute approximate surface area is 173 Å². The second kappa shape index (κ2) is 7.42. The summed E-state index contributed by atoms with van der Waals surface area (Å²) in [7, 11) is 3.28. The molecule has 1 aliphatic rings. The monoisotopic (exact) mass is 403 g/mol. The Bertz CT molecular complexity index is 1210. The Morgan fingerprint density at radius 3 is 2.70 bits per heavy atom. The topological polar surface area (TPSA) is 78.9 Å². The lowest BCUT2D eigenvalue weighted by molar-refractivity contribution is 0.0958. The minimum atomic E-state index is -0.00916. The molecular formula is C23H21N3O4. The van der Waals surface area contributed by atoms with Crippen LogP contribution in [0.2, 0.25) is 0 Å². The molecule has 1 aromatic carbocycles. The van der Waals surface area contributed by atoms with Gasteiger partial charge in [0, 0.05) is 32.1 Å². The van der Waals surface area contributed by atoms with Gasteiger partial charge in [0.05, 0.1) is 42.5 Å². The molecule has 0 radical (unpaired) electrons. The zero-order valence-electron chi connectivity index (χ0n) is 16.8. The Hall–Kier alpha value is -3.45. The van der Waals surface area contributed by atoms with Crippen LogP contribution in [0.5, 0.6) is 5.75 Å². The summed E-state index contributed by atoms with van der Waals surface area (Å²) >= 11 is 0. The van der Waals surface area contributed by atoms with Gasteiger partial charge in [0.2, 0.25) is 0 Å². The number of hydrogen-bond acceptors (Lipinski definition) is 6. The van der Waals surface area contributed by atoms with Crippen molar-refractivity contribution in [1.29, 1.82) is 0 Å². The predicted octanol–water partition coefficient (Wildman–Crippen LogP) is 4.06. The number of methoxy groups -OCH3 is 2. The van der Waals surface area contributed by atoms with E-state index < -0.39 is 0 Å². The molecule has 0 unspecified atom stereocenters. The Balaban J connectivity index is 1.68. The molecule has 7 nitrogen and oxygen atoms in total. The molecule has 152 valence electrons. The van der Waals surface area contributed by atoms with Crippen molar-refractivity contribution in [2.24, 2.45) is 0 Å². The van der Waals surface area contributed by atoms with Crippen LogP contribution in [0.15, 0.2) is 53.3 Å². The van der Waals surface area contributed by atoms with Crippen molar-refractivity contribution in [2.45, 2.75) is 25.4 Å². The van der Waals surface area contributed by atoms with Gasteiger partial charge in [-0.05, 0) is 29.8 Å². The van der Waals surface area contributed by atoms with Gasteiger partial charge in [0.1, 0.15) is 11.5 Å². The number of furan rings is 1. The van der Waals surface area contributed by atoms with Crippen LogP contribution in [-0.4, -0.2) is 34.6 Å². The van der Waals surface area contributed by atoms with E-state index in [0.717, 1.165) is 34.0 Å². The second-order valence-electron chi connectivity index (χ2n) is 7.38. The first-order chi connectivity index (χ1) is 14.7. The highest BCUT2D eigenvalue weighted by Crippen LogP contribution is 2.36. The van der Waals surface area contributed by atoms with Gasteiger partial charge in [-0.15, -0.1) is 0 Å². The van der Waals surface area contributed by atoms with Crippen LogP contribution < -0.4 is 4.74 Å². The van der Waals surface area contributed by atoms with E-state index in [1.54, 1.807) is 31.2 Å².